The predicted octanol–water partition coefficient (Wildman–Crippen LogP) is 3.49. The molecule has 0 saturated carbocycles. The van der Waals surface area contributed by atoms with Gasteiger partial charge < -0.3 is 14.4 Å². The first kappa shape index (κ1) is 20.1. The second-order valence-corrected chi connectivity index (χ2v) is 7.46. The zero-order chi connectivity index (χ0) is 22.5. The minimum Gasteiger partial charge on any atom is -0.343 e. The van der Waals surface area contributed by atoms with Crippen LogP contribution in [0.2, 0.25) is 0 Å². The lowest BCUT2D eigenvalue weighted by atomic mass is 9.86. The number of H-pyrrole nitrogens is 1. The zero-order valence-electron chi connectivity index (χ0n) is 16.2. The third-order valence-electron chi connectivity index (χ3n) is 5.54. The highest BCUT2D eigenvalue weighted by atomic mass is 19.4. The maximum atomic E-state index is 14.2. The lowest BCUT2D eigenvalue weighted by Gasteiger charge is -2.27. The fraction of sp³-hybridized carbons (Fsp3) is 0.250. The first-order valence-corrected chi connectivity index (χ1v) is 9.53. The number of carbonyl (C=O) groups excluding carboxylic acids is 1. The maximum absolute atomic E-state index is 14.2. The SMILES string of the molecule is O=C(c1ccc2[nH]cnc2n1)N1CCC(c2nc(-c3ccc(F)cc3)no2)(C(F)(F)F)C1. The Hall–Kier alpha value is -3.83. The van der Waals surface area contributed by atoms with Crippen LogP contribution in [0.15, 0.2) is 47.2 Å². The fourth-order valence-corrected chi connectivity index (χ4v) is 3.75. The van der Waals surface area contributed by atoms with E-state index in [2.05, 4.69) is 25.1 Å². The van der Waals surface area contributed by atoms with E-state index in [9.17, 15) is 22.4 Å². The summed E-state index contributed by atoms with van der Waals surface area (Å²) in [5.74, 6) is -1.90. The van der Waals surface area contributed by atoms with Gasteiger partial charge in [-0.05, 0) is 42.8 Å². The van der Waals surface area contributed by atoms with Crippen molar-refractivity contribution < 1.29 is 26.9 Å². The molecule has 1 saturated heterocycles. The summed E-state index contributed by atoms with van der Waals surface area (Å²) < 4.78 is 60.8. The lowest BCUT2D eigenvalue weighted by Crippen LogP contribution is -2.46. The van der Waals surface area contributed by atoms with E-state index in [4.69, 9.17) is 4.52 Å². The molecule has 4 aromatic rings. The van der Waals surface area contributed by atoms with E-state index in [0.29, 0.717) is 11.1 Å². The van der Waals surface area contributed by atoms with Crippen molar-refractivity contribution >= 4 is 17.1 Å². The highest BCUT2D eigenvalue weighted by Gasteiger charge is 2.63. The van der Waals surface area contributed by atoms with Crippen LogP contribution in [-0.4, -0.2) is 55.2 Å². The molecule has 4 heterocycles. The third-order valence-corrected chi connectivity index (χ3v) is 5.54. The number of halogens is 4. The standard InChI is InChI=1S/C20H14F4N6O2/c21-12-3-1-11(2-4-12)15-28-18(32-29-15)19(20(22,23)24)7-8-30(9-19)17(31)14-6-5-13-16(27-14)26-10-25-13/h1-6,10H,7-9H2,(H,25,26,27). The quantitative estimate of drug-likeness (QED) is 0.484. The molecule has 1 aromatic carbocycles. The van der Waals surface area contributed by atoms with Crippen LogP contribution in [0.25, 0.3) is 22.6 Å². The van der Waals surface area contributed by atoms with Crippen molar-refractivity contribution in [2.24, 2.45) is 0 Å². The highest BCUT2D eigenvalue weighted by molar-refractivity contribution is 5.94. The van der Waals surface area contributed by atoms with Crippen molar-refractivity contribution in [3.8, 4) is 11.4 Å². The number of alkyl halides is 3. The third kappa shape index (κ3) is 3.18. The van der Waals surface area contributed by atoms with E-state index < -0.39 is 42.2 Å². The van der Waals surface area contributed by atoms with Crippen molar-refractivity contribution in [3.63, 3.8) is 0 Å². The van der Waals surface area contributed by atoms with E-state index in [1.165, 1.54) is 24.5 Å². The number of likely N-dealkylation sites (tertiary alicyclic amines) is 1. The zero-order valence-corrected chi connectivity index (χ0v) is 16.2. The Morgan fingerprint density at radius 2 is 1.91 bits per heavy atom. The molecule has 1 aliphatic heterocycles. The molecule has 0 aliphatic carbocycles. The second-order valence-electron chi connectivity index (χ2n) is 7.46. The van der Waals surface area contributed by atoms with Crippen molar-refractivity contribution in [2.45, 2.75) is 18.0 Å². The number of hydrogen-bond acceptors (Lipinski definition) is 6. The van der Waals surface area contributed by atoms with E-state index in [1.54, 1.807) is 6.07 Å². The van der Waals surface area contributed by atoms with Crippen LogP contribution in [0.3, 0.4) is 0 Å². The van der Waals surface area contributed by atoms with Gasteiger partial charge in [-0.1, -0.05) is 5.16 Å². The molecule has 8 nitrogen and oxygen atoms in total. The number of imidazole rings is 1. The van der Waals surface area contributed by atoms with Crippen LogP contribution < -0.4 is 0 Å². The Morgan fingerprint density at radius 1 is 1.12 bits per heavy atom. The lowest BCUT2D eigenvalue weighted by molar-refractivity contribution is -0.193. The monoisotopic (exact) mass is 446 g/mol. The molecule has 32 heavy (non-hydrogen) atoms. The molecule has 12 heteroatoms. The normalized spacial score (nSPS) is 19.1. The molecule has 0 radical (unpaired) electrons. The minimum absolute atomic E-state index is 0.0138. The summed E-state index contributed by atoms with van der Waals surface area (Å²) >= 11 is 0. The van der Waals surface area contributed by atoms with E-state index in [0.717, 1.165) is 17.0 Å². The summed E-state index contributed by atoms with van der Waals surface area (Å²) in [6, 6.07) is 7.98. The van der Waals surface area contributed by atoms with Crippen LogP contribution in [0.1, 0.15) is 22.8 Å². The molecular formula is C20H14F4N6O2. The van der Waals surface area contributed by atoms with Gasteiger partial charge in [-0.15, -0.1) is 0 Å². The average molecular weight is 446 g/mol. The fourth-order valence-electron chi connectivity index (χ4n) is 3.75. The van der Waals surface area contributed by atoms with Crippen molar-refractivity contribution in [1.29, 1.82) is 0 Å². The Bertz CT molecular complexity index is 1300. The van der Waals surface area contributed by atoms with E-state index in [-0.39, 0.29) is 23.7 Å². The largest absolute Gasteiger partial charge is 0.405 e. The van der Waals surface area contributed by atoms with Gasteiger partial charge in [-0.25, -0.2) is 14.4 Å². The predicted molar refractivity (Wildman–Crippen MR) is 102 cm³/mol. The molecule has 1 aliphatic rings. The summed E-state index contributed by atoms with van der Waals surface area (Å²) in [5, 5.41) is 3.64. The summed E-state index contributed by atoms with van der Waals surface area (Å²) in [7, 11) is 0. The number of benzene rings is 1. The molecule has 1 unspecified atom stereocenters. The maximum Gasteiger partial charge on any atom is 0.405 e. The van der Waals surface area contributed by atoms with Gasteiger partial charge >= 0.3 is 6.18 Å². The molecule has 3 aromatic heterocycles. The first-order valence-electron chi connectivity index (χ1n) is 9.53. The van der Waals surface area contributed by atoms with Gasteiger partial charge in [-0.2, -0.15) is 18.2 Å². The van der Waals surface area contributed by atoms with Gasteiger partial charge in [0.2, 0.25) is 11.7 Å². The molecule has 1 N–H and O–H groups in total. The molecule has 1 fully saturated rings. The second kappa shape index (κ2) is 7.11. The number of pyridine rings is 1. The number of nitrogens with zero attached hydrogens (tertiary/aromatic N) is 5. The summed E-state index contributed by atoms with van der Waals surface area (Å²) in [6.07, 6.45) is -3.79. The van der Waals surface area contributed by atoms with Crippen molar-refractivity contribution in [1.82, 2.24) is 30.0 Å². The van der Waals surface area contributed by atoms with Crippen molar-refractivity contribution in [2.75, 3.05) is 13.1 Å². The van der Waals surface area contributed by atoms with Gasteiger partial charge in [0.15, 0.2) is 11.1 Å². The number of hydrogen-bond donors (Lipinski definition) is 1. The highest BCUT2D eigenvalue weighted by Crippen LogP contribution is 2.47. The topological polar surface area (TPSA) is 101 Å². The molecule has 0 spiro atoms. The summed E-state index contributed by atoms with van der Waals surface area (Å²) in [6.45, 7) is -0.868. The number of rotatable bonds is 3. The number of carbonyl (C=O) groups is 1. The molecule has 5 rings (SSSR count). The van der Waals surface area contributed by atoms with Gasteiger partial charge in [0.05, 0.1) is 11.8 Å². The van der Waals surface area contributed by atoms with Crippen LogP contribution in [0.5, 0.6) is 0 Å². The molecule has 1 atom stereocenters. The molecular weight excluding hydrogens is 432 g/mol. The number of fused-ring (bicyclic) bond motifs is 1. The van der Waals surface area contributed by atoms with E-state index >= 15 is 0 Å². The summed E-state index contributed by atoms with van der Waals surface area (Å²) in [4.78, 5) is 28.8. The van der Waals surface area contributed by atoms with Gasteiger partial charge in [-0.3, -0.25) is 4.79 Å². The van der Waals surface area contributed by atoms with Crippen LogP contribution in [-0.2, 0) is 5.41 Å². The molecule has 0 bridgehead atoms. The van der Waals surface area contributed by atoms with Crippen LogP contribution in [0.4, 0.5) is 17.6 Å². The van der Waals surface area contributed by atoms with Gasteiger partial charge in [0.25, 0.3) is 5.91 Å². The Kier molecular flexibility index (Phi) is 4.46. The van der Waals surface area contributed by atoms with Gasteiger partial charge in [0, 0.05) is 18.7 Å². The molecule has 164 valence electrons. The number of amides is 1. The van der Waals surface area contributed by atoms with E-state index in [1.807, 2.05) is 0 Å². The Balaban J connectivity index is 1.46. The number of aromatic amines is 1. The van der Waals surface area contributed by atoms with Gasteiger partial charge in [0.1, 0.15) is 11.5 Å². The average Bonchev–Trinajstić information content (AvgIpc) is 3.51. The Morgan fingerprint density at radius 3 is 2.66 bits per heavy atom. The number of aromatic nitrogens is 5. The smallest absolute Gasteiger partial charge is 0.343 e. The van der Waals surface area contributed by atoms with Crippen LogP contribution >= 0.6 is 0 Å². The summed E-state index contributed by atoms with van der Waals surface area (Å²) in [5.41, 5.74) is -1.34. The number of nitrogens with one attached hydrogen (secondary N) is 1. The first-order chi connectivity index (χ1) is 15.3. The van der Waals surface area contributed by atoms with Crippen LogP contribution in [0, 0.1) is 5.82 Å². The molecule has 1 amide bonds. The minimum atomic E-state index is -4.76. The Labute approximate surface area is 177 Å². The van der Waals surface area contributed by atoms with Crippen molar-refractivity contribution in [3.05, 3.63) is 60.1 Å².